The monoisotopic (exact) mass is 405 g/mol. The minimum atomic E-state index is -0.431. The average Bonchev–Trinajstić information content (AvgIpc) is 3.19. The molecule has 4 aromatic rings. The van der Waals surface area contributed by atoms with Crippen molar-refractivity contribution >= 4 is 17.3 Å². The molecule has 0 aliphatic carbocycles. The first kappa shape index (κ1) is 18.7. The number of nitrogens with zero attached hydrogens (tertiary/aromatic N) is 2. The maximum atomic E-state index is 11.3. The number of nitro groups is 1. The molecule has 0 fully saturated rings. The van der Waals surface area contributed by atoms with Crippen LogP contribution in [0.4, 0.5) is 5.69 Å². The standard InChI is InChI=1S/C22H16ClN3O3/c1-29-19-11-10-17(26(27)28)13-18(19)21-20(14-6-3-2-4-7-14)24-22(25-21)15-8-5-9-16(23)12-15/h2-13H,1H3,(H,24,25). The van der Waals surface area contributed by atoms with Crippen LogP contribution in [0.5, 0.6) is 5.75 Å². The van der Waals surface area contributed by atoms with Crippen molar-refractivity contribution < 1.29 is 9.66 Å². The minimum Gasteiger partial charge on any atom is -0.496 e. The number of methoxy groups -OCH3 is 1. The first-order valence-corrected chi connectivity index (χ1v) is 9.19. The van der Waals surface area contributed by atoms with Crippen molar-refractivity contribution in [2.45, 2.75) is 0 Å². The van der Waals surface area contributed by atoms with E-state index in [1.807, 2.05) is 48.5 Å². The Bertz CT molecular complexity index is 1190. The van der Waals surface area contributed by atoms with Crippen molar-refractivity contribution in [3.05, 3.63) is 87.9 Å². The number of hydrogen-bond donors (Lipinski definition) is 1. The molecule has 7 heteroatoms. The van der Waals surface area contributed by atoms with Gasteiger partial charge in [0.2, 0.25) is 0 Å². The van der Waals surface area contributed by atoms with Crippen LogP contribution < -0.4 is 4.74 Å². The number of ether oxygens (including phenoxy) is 1. The number of hydrogen-bond acceptors (Lipinski definition) is 4. The number of nitro benzene ring substituents is 1. The van der Waals surface area contributed by atoms with Gasteiger partial charge in [0, 0.05) is 33.8 Å². The summed E-state index contributed by atoms with van der Waals surface area (Å²) in [5, 5.41) is 11.9. The molecule has 3 aromatic carbocycles. The fraction of sp³-hybridized carbons (Fsp3) is 0.0455. The molecule has 0 saturated heterocycles. The molecule has 29 heavy (non-hydrogen) atoms. The third kappa shape index (κ3) is 3.70. The van der Waals surface area contributed by atoms with E-state index in [2.05, 4.69) is 4.98 Å². The lowest BCUT2D eigenvalue weighted by atomic mass is 10.0. The van der Waals surface area contributed by atoms with E-state index in [-0.39, 0.29) is 5.69 Å². The fourth-order valence-corrected chi connectivity index (χ4v) is 3.34. The first-order valence-electron chi connectivity index (χ1n) is 8.81. The first-order chi connectivity index (χ1) is 14.1. The van der Waals surface area contributed by atoms with E-state index in [9.17, 15) is 10.1 Å². The van der Waals surface area contributed by atoms with Crippen LogP contribution in [0.3, 0.4) is 0 Å². The van der Waals surface area contributed by atoms with Gasteiger partial charge in [0.15, 0.2) is 0 Å². The second-order valence-electron chi connectivity index (χ2n) is 6.33. The number of nitrogens with one attached hydrogen (secondary N) is 1. The summed E-state index contributed by atoms with van der Waals surface area (Å²) in [5.74, 6) is 1.11. The molecule has 1 heterocycles. The van der Waals surface area contributed by atoms with Crippen LogP contribution in [0.25, 0.3) is 33.9 Å². The molecule has 144 valence electrons. The SMILES string of the molecule is COc1ccc([N+](=O)[O-])cc1-c1[nH]c(-c2cccc(Cl)c2)nc1-c1ccccc1. The van der Waals surface area contributed by atoms with Gasteiger partial charge in [-0.2, -0.15) is 0 Å². The summed E-state index contributed by atoms with van der Waals surface area (Å²) < 4.78 is 5.47. The molecule has 6 nitrogen and oxygen atoms in total. The van der Waals surface area contributed by atoms with E-state index in [0.717, 1.165) is 11.1 Å². The van der Waals surface area contributed by atoms with Crippen molar-refractivity contribution in [1.82, 2.24) is 9.97 Å². The number of benzene rings is 3. The van der Waals surface area contributed by atoms with E-state index >= 15 is 0 Å². The number of rotatable bonds is 5. The van der Waals surface area contributed by atoms with Gasteiger partial charge in [0.25, 0.3) is 5.69 Å². The molecule has 0 unspecified atom stereocenters. The average molecular weight is 406 g/mol. The molecular formula is C22H16ClN3O3. The molecule has 0 amide bonds. The highest BCUT2D eigenvalue weighted by Crippen LogP contribution is 2.39. The number of non-ortho nitro benzene ring substituents is 1. The predicted molar refractivity (Wildman–Crippen MR) is 113 cm³/mol. The van der Waals surface area contributed by atoms with Crippen LogP contribution in [-0.4, -0.2) is 22.0 Å². The zero-order valence-electron chi connectivity index (χ0n) is 15.4. The summed E-state index contributed by atoms with van der Waals surface area (Å²) in [6.07, 6.45) is 0. The molecule has 0 atom stereocenters. The van der Waals surface area contributed by atoms with Gasteiger partial charge < -0.3 is 9.72 Å². The predicted octanol–water partition coefficient (Wildman–Crippen LogP) is 5.98. The normalized spacial score (nSPS) is 10.7. The van der Waals surface area contributed by atoms with E-state index in [1.54, 1.807) is 12.1 Å². The third-order valence-electron chi connectivity index (χ3n) is 4.51. The minimum absolute atomic E-state index is 0.0290. The zero-order valence-corrected chi connectivity index (χ0v) is 16.2. The molecule has 0 radical (unpaired) electrons. The smallest absolute Gasteiger partial charge is 0.270 e. The maximum absolute atomic E-state index is 11.3. The fourth-order valence-electron chi connectivity index (χ4n) is 3.15. The van der Waals surface area contributed by atoms with Gasteiger partial charge in [0.05, 0.1) is 23.4 Å². The highest BCUT2D eigenvalue weighted by atomic mass is 35.5. The Morgan fingerprint density at radius 1 is 1.00 bits per heavy atom. The van der Waals surface area contributed by atoms with Gasteiger partial charge in [-0.05, 0) is 18.2 Å². The van der Waals surface area contributed by atoms with Crippen molar-refractivity contribution in [3.8, 4) is 39.7 Å². The lowest BCUT2D eigenvalue weighted by Gasteiger charge is -2.09. The number of halogens is 1. The second kappa shape index (κ2) is 7.77. The lowest BCUT2D eigenvalue weighted by molar-refractivity contribution is -0.384. The summed E-state index contributed by atoms with van der Waals surface area (Å²) in [6.45, 7) is 0. The Labute approximate surface area is 171 Å². The van der Waals surface area contributed by atoms with E-state index in [1.165, 1.54) is 19.2 Å². The molecule has 1 N–H and O–H groups in total. The van der Waals surface area contributed by atoms with Gasteiger partial charge in [-0.3, -0.25) is 10.1 Å². The number of aromatic nitrogens is 2. The number of aromatic amines is 1. The lowest BCUT2D eigenvalue weighted by Crippen LogP contribution is -1.94. The summed E-state index contributed by atoms with van der Waals surface area (Å²) in [5.41, 5.74) is 3.51. The van der Waals surface area contributed by atoms with Gasteiger partial charge in [-0.1, -0.05) is 54.1 Å². The van der Waals surface area contributed by atoms with Crippen molar-refractivity contribution in [3.63, 3.8) is 0 Å². The highest BCUT2D eigenvalue weighted by molar-refractivity contribution is 6.30. The number of imidazole rings is 1. The Morgan fingerprint density at radius 3 is 2.45 bits per heavy atom. The van der Waals surface area contributed by atoms with E-state index in [0.29, 0.717) is 33.5 Å². The summed E-state index contributed by atoms with van der Waals surface area (Å²) in [7, 11) is 1.53. The van der Waals surface area contributed by atoms with Gasteiger partial charge in [-0.15, -0.1) is 0 Å². The van der Waals surface area contributed by atoms with Crippen molar-refractivity contribution in [2.75, 3.05) is 7.11 Å². The largest absolute Gasteiger partial charge is 0.496 e. The van der Waals surface area contributed by atoms with Crippen LogP contribution in [-0.2, 0) is 0 Å². The third-order valence-corrected chi connectivity index (χ3v) is 4.75. The van der Waals surface area contributed by atoms with Crippen LogP contribution in [0.1, 0.15) is 0 Å². The van der Waals surface area contributed by atoms with Crippen LogP contribution in [0, 0.1) is 10.1 Å². The Hall–Kier alpha value is -3.64. The Balaban J connectivity index is 1.97. The van der Waals surface area contributed by atoms with Gasteiger partial charge in [-0.25, -0.2) is 4.98 Å². The molecule has 0 aliphatic heterocycles. The second-order valence-corrected chi connectivity index (χ2v) is 6.76. The molecule has 4 rings (SSSR count). The van der Waals surface area contributed by atoms with Crippen LogP contribution in [0.2, 0.25) is 5.02 Å². The van der Waals surface area contributed by atoms with Crippen LogP contribution in [0.15, 0.2) is 72.8 Å². The summed E-state index contributed by atoms with van der Waals surface area (Å²) in [4.78, 5) is 19.0. The molecule has 0 saturated carbocycles. The summed E-state index contributed by atoms with van der Waals surface area (Å²) in [6, 6.07) is 21.4. The molecular weight excluding hydrogens is 390 g/mol. The zero-order chi connectivity index (χ0) is 20.4. The molecule has 0 bridgehead atoms. The Kier molecular flexibility index (Phi) is 5.01. The molecule has 1 aromatic heterocycles. The van der Waals surface area contributed by atoms with Crippen molar-refractivity contribution in [1.29, 1.82) is 0 Å². The van der Waals surface area contributed by atoms with E-state index in [4.69, 9.17) is 21.3 Å². The van der Waals surface area contributed by atoms with Crippen molar-refractivity contribution in [2.24, 2.45) is 0 Å². The quantitative estimate of drug-likeness (QED) is 0.327. The van der Waals surface area contributed by atoms with E-state index < -0.39 is 4.92 Å². The van der Waals surface area contributed by atoms with Gasteiger partial charge >= 0.3 is 0 Å². The summed E-state index contributed by atoms with van der Waals surface area (Å²) >= 11 is 6.14. The molecule has 0 aliphatic rings. The highest BCUT2D eigenvalue weighted by Gasteiger charge is 2.21. The number of H-pyrrole nitrogens is 1. The molecule has 0 spiro atoms. The van der Waals surface area contributed by atoms with Crippen LogP contribution >= 0.6 is 11.6 Å². The topological polar surface area (TPSA) is 81.0 Å². The Morgan fingerprint density at radius 2 is 1.76 bits per heavy atom. The maximum Gasteiger partial charge on any atom is 0.270 e. The van der Waals surface area contributed by atoms with Gasteiger partial charge in [0.1, 0.15) is 11.6 Å².